The van der Waals surface area contributed by atoms with Gasteiger partial charge < -0.3 is 25.4 Å². The van der Waals surface area contributed by atoms with E-state index in [1.54, 1.807) is 30.3 Å². The highest BCUT2D eigenvalue weighted by atomic mass is 16.5. The molecule has 1 heterocycles. The van der Waals surface area contributed by atoms with E-state index < -0.39 is 12.6 Å². The van der Waals surface area contributed by atoms with Gasteiger partial charge >= 0.3 is 5.97 Å². The molecule has 0 atom stereocenters. The number of amidine groups is 1. The molecule has 0 aromatic heterocycles. The van der Waals surface area contributed by atoms with Crippen molar-refractivity contribution in [3.8, 4) is 5.75 Å². The number of carbonyl (C=O) groups excluding carboxylic acids is 1. The smallest absolute Gasteiger partial charge is 0.341 e. The minimum absolute atomic E-state index is 0.0443. The fourth-order valence-electron chi connectivity index (χ4n) is 5.36. The van der Waals surface area contributed by atoms with Crippen molar-refractivity contribution < 1.29 is 19.4 Å². The Morgan fingerprint density at radius 3 is 2.39 bits per heavy atom. The van der Waals surface area contributed by atoms with Crippen molar-refractivity contribution in [1.82, 2.24) is 4.90 Å². The molecule has 4 rings (SSSR count). The number of carboxylic acid groups (broad SMARTS) is 1. The molecule has 1 aliphatic rings. The number of nitrogen functional groups attached to an aromatic ring is 1. The summed E-state index contributed by atoms with van der Waals surface area (Å²) in [5.74, 6) is -0.0162. The first kappa shape index (κ1) is 29.8. The average Bonchev–Trinajstić information content (AvgIpc) is 2.96. The van der Waals surface area contributed by atoms with Crippen molar-refractivity contribution in [3.05, 3.63) is 95.1 Å². The molecule has 0 saturated carbocycles. The molecular weight excluding hydrogens is 516 g/mol. The lowest BCUT2D eigenvalue weighted by atomic mass is 9.88. The van der Waals surface area contributed by atoms with Gasteiger partial charge in [0.15, 0.2) is 12.4 Å². The number of nitrogens with zero attached hydrogens (tertiary/aromatic N) is 2. The number of nitrogens with one attached hydrogen (secondary N) is 1. The molecular formula is C33H40N4O4. The lowest BCUT2D eigenvalue weighted by molar-refractivity contribution is -0.139. The van der Waals surface area contributed by atoms with Gasteiger partial charge in [-0.1, -0.05) is 48.5 Å². The van der Waals surface area contributed by atoms with E-state index in [-0.39, 0.29) is 18.2 Å². The summed E-state index contributed by atoms with van der Waals surface area (Å²) in [6.45, 7) is 6.88. The minimum Gasteiger partial charge on any atom is -0.482 e. The SMILES string of the molecule is CC(C)N1CCC(c2ccc(CC(=O)CN(Cc3cccc(OCC(=O)O)c3)c3cccc(C(=N)N)c3)cc2)CC1. The van der Waals surface area contributed by atoms with Crippen LogP contribution in [-0.4, -0.2) is 59.9 Å². The summed E-state index contributed by atoms with van der Waals surface area (Å²) in [5.41, 5.74) is 10.3. The zero-order chi connectivity index (χ0) is 29.4. The summed E-state index contributed by atoms with van der Waals surface area (Å²) in [5, 5.41) is 16.8. The molecule has 0 spiro atoms. The van der Waals surface area contributed by atoms with E-state index >= 15 is 0 Å². The van der Waals surface area contributed by atoms with Gasteiger partial charge in [0.1, 0.15) is 11.6 Å². The second kappa shape index (κ2) is 13.9. The van der Waals surface area contributed by atoms with E-state index in [0.717, 1.165) is 42.7 Å². The highest BCUT2D eigenvalue weighted by molar-refractivity contribution is 5.96. The van der Waals surface area contributed by atoms with Crippen molar-refractivity contribution in [2.75, 3.05) is 31.1 Å². The number of nitrogens with two attached hydrogens (primary N) is 1. The number of Topliss-reactive ketones (excluding diaryl/α,β-unsaturated/α-hetero) is 1. The number of ketones is 1. The molecule has 0 aliphatic carbocycles. The topological polar surface area (TPSA) is 120 Å². The van der Waals surface area contributed by atoms with Gasteiger partial charge in [0.25, 0.3) is 0 Å². The molecule has 0 bridgehead atoms. The molecule has 216 valence electrons. The fraction of sp³-hybridized carbons (Fsp3) is 0.364. The predicted molar refractivity (Wildman–Crippen MR) is 162 cm³/mol. The van der Waals surface area contributed by atoms with Crippen LogP contribution in [0.25, 0.3) is 0 Å². The number of aliphatic carboxylic acids is 1. The van der Waals surface area contributed by atoms with E-state index in [9.17, 15) is 9.59 Å². The summed E-state index contributed by atoms with van der Waals surface area (Å²) >= 11 is 0. The van der Waals surface area contributed by atoms with Crippen LogP contribution in [0, 0.1) is 5.41 Å². The molecule has 41 heavy (non-hydrogen) atoms. The standard InChI is InChI=1S/C33H40N4O4/c1-23(2)36-15-13-27(14-16-36)26-11-9-24(10-12-26)17-30(38)21-37(29-7-4-6-28(19-29)33(34)35)20-25-5-3-8-31(18-25)41-22-32(39)40/h3-12,18-19,23,27H,13-17,20-22H2,1-2H3,(H3,34,35)(H,39,40). The minimum atomic E-state index is -1.05. The third-order valence-corrected chi connectivity index (χ3v) is 7.64. The van der Waals surface area contributed by atoms with Gasteiger partial charge in [-0.3, -0.25) is 10.2 Å². The largest absolute Gasteiger partial charge is 0.482 e. The number of carbonyl (C=O) groups is 2. The Balaban J connectivity index is 1.45. The van der Waals surface area contributed by atoms with Gasteiger partial charge in [0.2, 0.25) is 0 Å². The maximum absolute atomic E-state index is 13.3. The molecule has 1 fully saturated rings. The Bertz CT molecular complexity index is 1350. The van der Waals surface area contributed by atoms with E-state index in [1.165, 1.54) is 5.56 Å². The van der Waals surface area contributed by atoms with Crippen molar-refractivity contribution in [3.63, 3.8) is 0 Å². The molecule has 1 aliphatic heterocycles. The Kier molecular flexibility index (Phi) is 10.1. The second-order valence-corrected chi connectivity index (χ2v) is 11.0. The number of ether oxygens (including phenoxy) is 1. The van der Waals surface area contributed by atoms with Crippen LogP contribution in [0.3, 0.4) is 0 Å². The van der Waals surface area contributed by atoms with Crippen molar-refractivity contribution in [2.24, 2.45) is 5.73 Å². The van der Waals surface area contributed by atoms with Gasteiger partial charge in [-0.2, -0.15) is 0 Å². The summed E-state index contributed by atoms with van der Waals surface area (Å²) < 4.78 is 5.34. The van der Waals surface area contributed by atoms with Crippen LogP contribution >= 0.6 is 0 Å². The van der Waals surface area contributed by atoms with Crippen LogP contribution in [0.1, 0.15) is 54.9 Å². The van der Waals surface area contributed by atoms with Crippen molar-refractivity contribution in [2.45, 2.75) is 51.6 Å². The van der Waals surface area contributed by atoms with Crippen LogP contribution in [0.4, 0.5) is 5.69 Å². The van der Waals surface area contributed by atoms with E-state index in [0.29, 0.717) is 36.2 Å². The first-order valence-corrected chi connectivity index (χ1v) is 14.2. The van der Waals surface area contributed by atoms with Gasteiger partial charge in [-0.05, 0) is 86.7 Å². The number of carboxylic acids is 1. The Morgan fingerprint density at radius 1 is 1.02 bits per heavy atom. The number of hydrogen-bond acceptors (Lipinski definition) is 6. The van der Waals surface area contributed by atoms with Crippen molar-refractivity contribution >= 4 is 23.3 Å². The fourth-order valence-corrected chi connectivity index (χ4v) is 5.36. The molecule has 3 aromatic carbocycles. The normalized spacial score (nSPS) is 14.1. The lowest BCUT2D eigenvalue weighted by Crippen LogP contribution is -2.37. The Morgan fingerprint density at radius 2 is 1.73 bits per heavy atom. The number of likely N-dealkylation sites (tertiary alicyclic amines) is 1. The number of piperidine rings is 1. The average molecular weight is 557 g/mol. The van der Waals surface area contributed by atoms with E-state index in [1.807, 2.05) is 23.1 Å². The number of hydrogen-bond donors (Lipinski definition) is 3. The monoisotopic (exact) mass is 556 g/mol. The Labute approximate surface area is 242 Å². The molecule has 0 unspecified atom stereocenters. The van der Waals surface area contributed by atoms with Crippen molar-refractivity contribution in [1.29, 1.82) is 5.41 Å². The van der Waals surface area contributed by atoms with Crippen LogP contribution < -0.4 is 15.4 Å². The van der Waals surface area contributed by atoms with E-state index in [4.69, 9.17) is 21.0 Å². The van der Waals surface area contributed by atoms with Gasteiger partial charge in [0, 0.05) is 30.3 Å². The number of benzene rings is 3. The summed E-state index contributed by atoms with van der Waals surface area (Å²) in [6, 6.07) is 23.6. The molecule has 0 amide bonds. The third kappa shape index (κ3) is 8.66. The highest BCUT2D eigenvalue weighted by Crippen LogP contribution is 2.29. The van der Waals surface area contributed by atoms with Crippen LogP contribution in [-0.2, 0) is 22.6 Å². The molecule has 8 heteroatoms. The second-order valence-electron chi connectivity index (χ2n) is 11.0. The maximum Gasteiger partial charge on any atom is 0.341 e. The lowest BCUT2D eigenvalue weighted by Gasteiger charge is -2.34. The Hall–Kier alpha value is -4.17. The molecule has 8 nitrogen and oxygen atoms in total. The molecule has 3 aromatic rings. The molecule has 1 saturated heterocycles. The maximum atomic E-state index is 13.3. The zero-order valence-electron chi connectivity index (χ0n) is 23.9. The number of rotatable bonds is 13. The molecule has 0 radical (unpaired) electrons. The summed E-state index contributed by atoms with van der Waals surface area (Å²) in [6.07, 6.45) is 2.64. The van der Waals surface area contributed by atoms with Gasteiger partial charge in [-0.25, -0.2) is 4.79 Å². The first-order valence-electron chi connectivity index (χ1n) is 14.2. The number of anilines is 1. The highest BCUT2D eigenvalue weighted by Gasteiger charge is 2.22. The van der Waals surface area contributed by atoms with E-state index in [2.05, 4.69) is 43.0 Å². The first-order chi connectivity index (χ1) is 19.7. The quantitative estimate of drug-likeness (QED) is 0.204. The summed E-state index contributed by atoms with van der Waals surface area (Å²) in [4.78, 5) is 28.7. The third-order valence-electron chi connectivity index (χ3n) is 7.64. The van der Waals surface area contributed by atoms with Crippen LogP contribution in [0.5, 0.6) is 5.75 Å². The zero-order valence-corrected chi connectivity index (χ0v) is 23.9. The molecule has 4 N–H and O–H groups in total. The van der Waals surface area contributed by atoms with Gasteiger partial charge in [0.05, 0.1) is 6.54 Å². The van der Waals surface area contributed by atoms with Gasteiger partial charge in [-0.15, -0.1) is 0 Å². The van der Waals surface area contributed by atoms with Crippen LogP contribution in [0.15, 0.2) is 72.8 Å². The predicted octanol–water partition coefficient (Wildman–Crippen LogP) is 4.84. The van der Waals surface area contributed by atoms with Crippen LogP contribution in [0.2, 0.25) is 0 Å². The summed E-state index contributed by atoms with van der Waals surface area (Å²) in [7, 11) is 0.